The third-order valence-electron chi connectivity index (χ3n) is 2.55. The normalized spacial score (nSPS) is 10.9. The molecule has 0 saturated carbocycles. The molecule has 0 aliphatic heterocycles. The van der Waals surface area contributed by atoms with Gasteiger partial charge in [0, 0.05) is 15.6 Å². The van der Waals surface area contributed by atoms with Crippen LogP contribution in [0.1, 0.15) is 16.8 Å². The smallest absolute Gasteiger partial charge is 0.0719 e. The Morgan fingerprint density at radius 2 is 1.86 bits per heavy atom. The van der Waals surface area contributed by atoms with Gasteiger partial charge in [0.15, 0.2) is 0 Å². The first-order valence-electron chi connectivity index (χ1n) is 4.62. The highest BCUT2D eigenvalue weighted by molar-refractivity contribution is 9.10. The number of hydrogen-bond donors (Lipinski definition) is 0. The highest BCUT2D eigenvalue weighted by atomic mass is 79.9. The van der Waals surface area contributed by atoms with Gasteiger partial charge in [-0.3, -0.25) is 4.98 Å². The molecule has 2 rings (SSSR count). The van der Waals surface area contributed by atoms with Crippen LogP contribution in [0.25, 0.3) is 10.9 Å². The van der Waals surface area contributed by atoms with Gasteiger partial charge in [0.2, 0.25) is 0 Å². The lowest BCUT2D eigenvalue weighted by Crippen LogP contribution is -1.91. The third kappa shape index (κ3) is 1.44. The molecule has 0 unspecified atom stereocenters. The predicted molar refractivity (Wildman–Crippen MR) is 63.7 cm³/mol. The number of nitrogens with zero attached hydrogens (tertiary/aromatic N) is 1. The maximum absolute atomic E-state index is 4.57. The molecule has 14 heavy (non-hydrogen) atoms. The van der Waals surface area contributed by atoms with Gasteiger partial charge in [-0.1, -0.05) is 12.1 Å². The van der Waals surface area contributed by atoms with Gasteiger partial charge in [-0.2, -0.15) is 0 Å². The monoisotopic (exact) mass is 249 g/mol. The standard InChI is InChI=1S/C12H12BrN/c1-7-4-5-10-11(6-7)14-9(3)8(2)12(10)13/h4-6H,1-3H3. The third-order valence-corrected chi connectivity index (χ3v) is 3.57. The Kier molecular flexibility index (Phi) is 2.31. The van der Waals surface area contributed by atoms with Crippen LogP contribution in [0.15, 0.2) is 22.7 Å². The molecule has 0 saturated heterocycles. The second-order valence-electron chi connectivity index (χ2n) is 3.66. The summed E-state index contributed by atoms with van der Waals surface area (Å²) in [7, 11) is 0. The zero-order valence-electron chi connectivity index (χ0n) is 8.56. The minimum Gasteiger partial charge on any atom is -0.253 e. The Hall–Kier alpha value is -0.890. The second kappa shape index (κ2) is 3.35. The Balaban J connectivity index is 2.91. The molecule has 0 N–H and O–H groups in total. The van der Waals surface area contributed by atoms with E-state index in [2.05, 4.69) is 53.0 Å². The van der Waals surface area contributed by atoms with E-state index in [-0.39, 0.29) is 0 Å². The van der Waals surface area contributed by atoms with Gasteiger partial charge in [0.25, 0.3) is 0 Å². The fourth-order valence-corrected chi connectivity index (χ4v) is 2.17. The van der Waals surface area contributed by atoms with Crippen molar-refractivity contribution in [3.05, 3.63) is 39.5 Å². The number of rotatable bonds is 0. The van der Waals surface area contributed by atoms with E-state index >= 15 is 0 Å². The van der Waals surface area contributed by atoms with E-state index in [1.807, 2.05) is 6.92 Å². The molecule has 1 aromatic carbocycles. The summed E-state index contributed by atoms with van der Waals surface area (Å²) >= 11 is 3.62. The number of aromatic nitrogens is 1. The molecule has 0 atom stereocenters. The van der Waals surface area contributed by atoms with Crippen molar-refractivity contribution >= 4 is 26.8 Å². The van der Waals surface area contributed by atoms with E-state index < -0.39 is 0 Å². The van der Waals surface area contributed by atoms with Crippen molar-refractivity contribution in [1.82, 2.24) is 4.98 Å². The molecule has 2 heteroatoms. The van der Waals surface area contributed by atoms with E-state index in [4.69, 9.17) is 0 Å². The summed E-state index contributed by atoms with van der Waals surface area (Å²) in [6, 6.07) is 6.35. The molecule has 0 aliphatic rings. The zero-order chi connectivity index (χ0) is 10.3. The van der Waals surface area contributed by atoms with Crippen LogP contribution in [-0.4, -0.2) is 4.98 Å². The summed E-state index contributed by atoms with van der Waals surface area (Å²) in [6.45, 7) is 6.22. The highest BCUT2D eigenvalue weighted by Gasteiger charge is 2.06. The molecule has 0 aliphatic carbocycles. The topological polar surface area (TPSA) is 12.9 Å². The van der Waals surface area contributed by atoms with Crippen LogP contribution in [0.4, 0.5) is 0 Å². The van der Waals surface area contributed by atoms with Gasteiger partial charge < -0.3 is 0 Å². The van der Waals surface area contributed by atoms with Crippen molar-refractivity contribution in [2.75, 3.05) is 0 Å². The number of benzene rings is 1. The van der Waals surface area contributed by atoms with Crippen molar-refractivity contribution in [1.29, 1.82) is 0 Å². The van der Waals surface area contributed by atoms with Crippen LogP contribution in [0.2, 0.25) is 0 Å². The summed E-state index contributed by atoms with van der Waals surface area (Å²) in [5, 5.41) is 1.19. The molecular weight excluding hydrogens is 238 g/mol. The zero-order valence-corrected chi connectivity index (χ0v) is 10.1. The minimum absolute atomic E-state index is 1.07. The van der Waals surface area contributed by atoms with Crippen molar-refractivity contribution in [3.8, 4) is 0 Å². The van der Waals surface area contributed by atoms with Gasteiger partial charge >= 0.3 is 0 Å². The SMILES string of the molecule is Cc1ccc2c(Br)c(C)c(C)nc2c1. The molecule has 1 aromatic heterocycles. The second-order valence-corrected chi connectivity index (χ2v) is 4.45. The van der Waals surface area contributed by atoms with Crippen molar-refractivity contribution in [3.63, 3.8) is 0 Å². The number of pyridine rings is 1. The Labute approximate surface area is 92.3 Å². The van der Waals surface area contributed by atoms with Crippen LogP contribution in [0.3, 0.4) is 0 Å². The molecule has 0 radical (unpaired) electrons. The van der Waals surface area contributed by atoms with E-state index in [1.165, 1.54) is 21.0 Å². The molecule has 0 amide bonds. The Bertz CT molecular complexity index is 503. The molecule has 1 heterocycles. The average Bonchev–Trinajstić information content (AvgIpc) is 2.14. The van der Waals surface area contributed by atoms with Gasteiger partial charge in [0.1, 0.15) is 0 Å². The Morgan fingerprint density at radius 3 is 2.57 bits per heavy atom. The lowest BCUT2D eigenvalue weighted by atomic mass is 10.1. The van der Waals surface area contributed by atoms with Crippen LogP contribution in [-0.2, 0) is 0 Å². The summed E-state index contributed by atoms with van der Waals surface area (Å²) in [5.41, 5.74) is 4.64. The van der Waals surface area contributed by atoms with Crippen LogP contribution in [0.5, 0.6) is 0 Å². The first-order chi connectivity index (χ1) is 6.59. The summed E-state index contributed by atoms with van der Waals surface area (Å²) in [4.78, 5) is 4.57. The largest absolute Gasteiger partial charge is 0.253 e. The van der Waals surface area contributed by atoms with Gasteiger partial charge in [-0.25, -0.2) is 0 Å². The summed E-state index contributed by atoms with van der Waals surface area (Å²) in [6.07, 6.45) is 0. The highest BCUT2D eigenvalue weighted by Crippen LogP contribution is 2.28. The van der Waals surface area contributed by atoms with Crippen molar-refractivity contribution < 1.29 is 0 Å². The number of hydrogen-bond acceptors (Lipinski definition) is 1. The van der Waals surface area contributed by atoms with Crippen molar-refractivity contribution in [2.24, 2.45) is 0 Å². The molecule has 1 nitrogen and oxygen atoms in total. The number of fused-ring (bicyclic) bond motifs is 1. The minimum atomic E-state index is 1.07. The average molecular weight is 250 g/mol. The first kappa shape index (κ1) is 9.66. The van der Waals surface area contributed by atoms with Gasteiger partial charge in [-0.15, -0.1) is 0 Å². The van der Waals surface area contributed by atoms with E-state index in [0.717, 1.165) is 11.2 Å². The molecule has 2 aromatic rings. The van der Waals surface area contributed by atoms with E-state index in [9.17, 15) is 0 Å². The lowest BCUT2D eigenvalue weighted by Gasteiger charge is -2.07. The molecule has 0 bridgehead atoms. The summed E-state index contributed by atoms with van der Waals surface area (Å²) in [5.74, 6) is 0. The van der Waals surface area contributed by atoms with Gasteiger partial charge in [0.05, 0.1) is 5.52 Å². The predicted octanol–water partition coefficient (Wildman–Crippen LogP) is 3.92. The molecule has 0 spiro atoms. The van der Waals surface area contributed by atoms with E-state index in [1.54, 1.807) is 0 Å². The lowest BCUT2D eigenvalue weighted by molar-refractivity contribution is 1.18. The van der Waals surface area contributed by atoms with Crippen LogP contribution >= 0.6 is 15.9 Å². The molecule has 0 fully saturated rings. The fourth-order valence-electron chi connectivity index (χ4n) is 1.55. The van der Waals surface area contributed by atoms with Crippen LogP contribution in [0, 0.1) is 20.8 Å². The van der Waals surface area contributed by atoms with Crippen molar-refractivity contribution in [2.45, 2.75) is 20.8 Å². The Morgan fingerprint density at radius 1 is 1.14 bits per heavy atom. The maximum atomic E-state index is 4.57. The van der Waals surface area contributed by atoms with E-state index in [0.29, 0.717) is 0 Å². The molecular formula is C12H12BrN. The number of halogens is 1. The number of aryl methyl sites for hydroxylation is 2. The quantitative estimate of drug-likeness (QED) is 0.690. The first-order valence-corrected chi connectivity index (χ1v) is 5.42. The molecule has 72 valence electrons. The fraction of sp³-hybridized carbons (Fsp3) is 0.250. The van der Waals surface area contributed by atoms with Crippen LogP contribution < -0.4 is 0 Å². The summed E-state index contributed by atoms with van der Waals surface area (Å²) < 4.78 is 1.17. The maximum Gasteiger partial charge on any atom is 0.0719 e. The van der Waals surface area contributed by atoms with Gasteiger partial charge in [-0.05, 0) is 53.9 Å².